The van der Waals surface area contributed by atoms with Crippen molar-refractivity contribution < 1.29 is 19.1 Å². The van der Waals surface area contributed by atoms with Crippen LogP contribution in [0, 0.1) is 6.92 Å². The van der Waals surface area contributed by atoms with Gasteiger partial charge in [-0.25, -0.2) is 10.2 Å². The number of nitrogens with zero attached hydrogens (tertiary/aromatic N) is 1. The van der Waals surface area contributed by atoms with Crippen LogP contribution in [0.2, 0.25) is 5.02 Å². The first kappa shape index (κ1) is 21.7. The number of anilines is 1. The zero-order valence-corrected chi connectivity index (χ0v) is 17.2. The minimum atomic E-state index is -0.921. The van der Waals surface area contributed by atoms with E-state index >= 15 is 0 Å². The predicted octanol–water partition coefficient (Wildman–Crippen LogP) is 3.96. The molecule has 0 unspecified atom stereocenters. The number of hydrogen-bond donors (Lipinski definition) is 2. The SMILES string of the molecule is Cc1ccccc1C(=O)Oc1ccc(/C=N\NC(=O)C(=O)Nc2ccc(Cl)cc2)cc1. The number of rotatable bonds is 5. The van der Waals surface area contributed by atoms with Crippen molar-refractivity contribution >= 4 is 41.3 Å². The highest BCUT2D eigenvalue weighted by Gasteiger charge is 2.13. The first-order valence-corrected chi connectivity index (χ1v) is 9.58. The van der Waals surface area contributed by atoms with Gasteiger partial charge in [0.05, 0.1) is 11.8 Å². The third-order valence-corrected chi connectivity index (χ3v) is 4.40. The van der Waals surface area contributed by atoms with Crippen LogP contribution in [0.15, 0.2) is 77.9 Å². The highest BCUT2D eigenvalue weighted by molar-refractivity contribution is 6.39. The molecule has 0 aliphatic rings. The van der Waals surface area contributed by atoms with Crippen LogP contribution in [0.3, 0.4) is 0 Å². The fourth-order valence-electron chi connectivity index (χ4n) is 2.52. The van der Waals surface area contributed by atoms with Crippen LogP contribution in [0.25, 0.3) is 0 Å². The maximum Gasteiger partial charge on any atom is 0.343 e. The summed E-state index contributed by atoms with van der Waals surface area (Å²) in [7, 11) is 0. The fraction of sp³-hybridized carbons (Fsp3) is 0.0435. The number of hydrogen-bond acceptors (Lipinski definition) is 5. The maximum absolute atomic E-state index is 12.2. The topological polar surface area (TPSA) is 96.9 Å². The molecule has 0 saturated carbocycles. The Balaban J connectivity index is 1.51. The Morgan fingerprint density at radius 3 is 2.26 bits per heavy atom. The number of hydrazone groups is 1. The summed E-state index contributed by atoms with van der Waals surface area (Å²) in [6.07, 6.45) is 1.36. The maximum atomic E-state index is 12.2. The van der Waals surface area contributed by atoms with Crippen molar-refractivity contribution in [3.63, 3.8) is 0 Å². The van der Waals surface area contributed by atoms with Gasteiger partial charge in [0.2, 0.25) is 0 Å². The summed E-state index contributed by atoms with van der Waals surface area (Å²) in [6.45, 7) is 1.83. The van der Waals surface area contributed by atoms with Crippen molar-refractivity contribution in [2.24, 2.45) is 5.10 Å². The first-order chi connectivity index (χ1) is 14.9. The normalized spacial score (nSPS) is 10.5. The van der Waals surface area contributed by atoms with Crippen LogP contribution in [0.1, 0.15) is 21.5 Å². The molecule has 0 radical (unpaired) electrons. The molecule has 156 valence electrons. The Hall–Kier alpha value is -3.97. The summed E-state index contributed by atoms with van der Waals surface area (Å²) >= 11 is 5.77. The smallest absolute Gasteiger partial charge is 0.343 e. The van der Waals surface area contributed by atoms with Crippen molar-refractivity contribution in [2.75, 3.05) is 5.32 Å². The monoisotopic (exact) mass is 435 g/mol. The summed E-state index contributed by atoms with van der Waals surface area (Å²) in [5.41, 5.74) is 4.53. The molecule has 0 saturated heterocycles. The molecule has 2 N–H and O–H groups in total. The van der Waals surface area contributed by atoms with Crippen molar-refractivity contribution in [3.8, 4) is 5.75 Å². The Morgan fingerprint density at radius 1 is 0.903 bits per heavy atom. The number of ether oxygens (including phenoxy) is 1. The van der Waals surface area contributed by atoms with Crippen molar-refractivity contribution in [1.29, 1.82) is 0 Å². The predicted molar refractivity (Wildman–Crippen MR) is 118 cm³/mol. The minimum absolute atomic E-state index is 0.372. The van der Waals surface area contributed by atoms with E-state index in [9.17, 15) is 14.4 Å². The molecule has 0 aromatic heterocycles. The van der Waals surface area contributed by atoms with Crippen LogP contribution in [0.5, 0.6) is 5.75 Å². The second kappa shape index (κ2) is 10.2. The summed E-state index contributed by atoms with van der Waals surface area (Å²) in [4.78, 5) is 35.9. The second-order valence-electron chi connectivity index (χ2n) is 6.43. The molecule has 3 aromatic carbocycles. The molecule has 3 aromatic rings. The van der Waals surface area contributed by atoms with Gasteiger partial charge in [0.25, 0.3) is 0 Å². The van der Waals surface area contributed by atoms with Crippen molar-refractivity contribution in [1.82, 2.24) is 5.43 Å². The lowest BCUT2D eigenvalue weighted by atomic mass is 10.1. The van der Waals surface area contributed by atoms with Gasteiger partial charge in [-0.05, 0) is 72.6 Å². The molecule has 0 aliphatic carbocycles. The number of halogens is 1. The molecule has 0 aliphatic heterocycles. The lowest BCUT2D eigenvalue weighted by Gasteiger charge is -2.06. The average Bonchev–Trinajstić information content (AvgIpc) is 2.76. The molecule has 8 heteroatoms. The summed E-state index contributed by atoms with van der Waals surface area (Å²) < 4.78 is 5.36. The molecule has 31 heavy (non-hydrogen) atoms. The van der Waals surface area contributed by atoms with Gasteiger partial charge in [-0.15, -0.1) is 0 Å². The number of carbonyl (C=O) groups is 3. The zero-order chi connectivity index (χ0) is 22.2. The molecular weight excluding hydrogens is 418 g/mol. The minimum Gasteiger partial charge on any atom is -0.423 e. The molecule has 0 heterocycles. The van der Waals surface area contributed by atoms with Gasteiger partial charge in [0, 0.05) is 10.7 Å². The molecule has 3 rings (SSSR count). The molecule has 2 amide bonds. The third-order valence-electron chi connectivity index (χ3n) is 4.14. The number of benzene rings is 3. The molecule has 0 fully saturated rings. The summed E-state index contributed by atoms with van der Waals surface area (Å²) in [5.74, 6) is -1.86. The average molecular weight is 436 g/mol. The van der Waals surface area contributed by atoms with Gasteiger partial charge in [-0.2, -0.15) is 5.10 Å². The molecule has 7 nitrogen and oxygen atoms in total. The van der Waals surface area contributed by atoms with Crippen LogP contribution < -0.4 is 15.5 Å². The summed E-state index contributed by atoms with van der Waals surface area (Å²) in [5, 5.41) is 6.70. The van der Waals surface area contributed by atoms with E-state index < -0.39 is 17.8 Å². The first-order valence-electron chi connectivity index (χ1n) is 9.20. The van der Waals surface area contributed by atoms with Crippen molar-refractivity contribution in [3.05, 3.63) is 94.5 Å². The van der Waals surface area contributed by atoms with E-state index in [0.29, 0.717) is 27.6 Å². The quantitative estimate of drug-likeness (QED) is 0.208. The standard InChI is InChI=1S/C23H18ClN3O4/c1-15-4-2-3-5-20(15)23(30)31-19-12-6-16(7-13-19)14-25-27-22(29)21(28)26-18-10-8-17(24)9-11-18/h2-14H,1H3,(H,26,28)(H,27,29)/b25-14-. The van der Waals surface area contributed by atoms with E-state index in [2.05, 4.69) is 15.8 Å². The molecule has 0 atom stereocenters. The van der Waals surface area contributed by atoms with Gasteiger partial charge in [0.15, 0.2) is 0 Å². The molecule has 0 spiro atoms. The van der Waals surface area contributed by atoms with Gasteiger partial charge >= 0.3 is 17.8 Å². The fourth-order valence-corrected chi connectivity index (χ4v) is 2.65. The Bertz CT molecular complexity index is 1130. The zero-order valence-electron chi connectivity index (χ0n) is 16.5. The third kappa shape index (κ3) is 6.25. The van der Waals surface area contributed by atoms with Crippen LogP contribution in [-0.4, -0.2) is 24.0 Å². The lowest BCUT2D eigenvalue weighted by Crippen LogP contribution is -2.32. The van der Waals surface area contributed by atoms with Gasteiger partial charge in [-0.1, -0.05) is 29.8 Å². The Morgan fingerprint density at radius 2 is 1.58 bits per heavy atom. The largest absolute Gasteiger partial charge is 0.423 e. The van der Waals surface area contributed by atoms with Gasteiger partial charge < -0.3 is 10.1 Å². The van der Waals surface area contributed by atoms with E-state index in [0.717, 1.165) is 5.56 Å². The van der Waals surface area contributed by atoms with E-state index in [-0.39, 0.29) is 0 Å². The van der Waals surface area contributed by atoms with Crippen LogP contribution >= 0.6 is 11.6 Å². The number of carbonyl (C=O) groups excluding carboxylic acids is 3. The Labute approximate surface area is 183 Å². The number of amides is 2. The summed E-state index contributed by atoms with van der Waals surface area (Å²) in [6, 6.07) is 20.0. The second-order valence-corrected chi connectivity index (χ2v) is 6.87. The van der Waals surface area contributed by atoms with Crippen LogP contribution in [0.4, 0.5) is 5.69 Å². The van der Waals surface area contributed by atoms with E-state index in [1.54, 1.807) is 60.7 Å². The molecular formula is C23H18ClN3O4. The molecule has 0 bridgehead atoms. The lowest BCUT2D eigenvalue weighted by molar-refractivity contribution is -0.136. The van der Waals surface area contributed by atoms with E-state index in [4.69, 9.17) is 16.3 Å². The van der Waals surface area contributed by atoms with Gasteiger partial charge in [-0.3, -0.25) is 9.59 Å². The number of aryl methyl sites for hydroxylation is 1. The number of esters is 1. The Kier molecular flexibility index (Phi) is 7.13. The van der Waals surface area contributed by atoms with Gasteiger partial charge in [0.1, 0.15) is 5.75 Å². The number of nitrogens with one attached hydrogen (secondary N) is 2. The van der Waals surface area contributed by atoms with Crippen molar-refractivity contribution in [2.45, 2.75) is 6.92 Å². The van der Waals surface area contributed by atoms with Crippen LogP contribution in [-0.2, 0) is 9.59 Å². The van der Waals surface area contributed by atoms with E-state index in [1.165, 1.54) is 6.21 Å². The van der Waals surface area contributed by atoms with E-state index in [1.807, 2.05) is 19.1 Å². The highest BCUT2D eigenvalue weighted by Crippen LogP contribution is 2.16. The highest BCUT2D eigenvalue weighted by atomic mass is 35.5.